The first-order chi connectivity index (χ1) is 12.0. The second-order valence-corrected chi connectivity index (χ2v) is 6.79. The molecule has 0 bridgehead atoms. The quantitative estimate of drug-likeness (QED) is 0.359. The summed E-state index contributed by atoms with van der Waals surface area (Å²) < 4.78 is 10.1. The van der Waals surface area contributed by atoms with E-state index in [0.29, 0.717) is 12.4 Å². The summed E-state index contributed by atoms with van der Waals surface area (Å²) in [5.41, 5.74) is 0. The minimum absolute atomic E-state index is 0.101. The van der Waals surface area contributed by atoms with Crippen molar-refractivity contribution in [1.82, 2.24) is 20.4 Å². The molecule has 0 radical (unpaired) electrons. The molecule has 2 rings (SSSR count). The minimum Gasteiger partial charge on any atom is -0.469 e. The number of aliphatic imine (C=N–C) groups is 1. The molecule has 0 aliphatic carbocycles. The normalized spacial score (nSPS) is 21.0. The maximum Gasteiger partial charge on any atom is 0.310 e. The van der Waals surface area contributed by atoms with Crippen LogP contribution in [-0.4, -0.2) is 60.8 Å². The van der Waals surface area contributed by atoms with Crippen molar-refractivity contribution in [2.24, 2.45) is 16.8 Å². The van der Waals surface area contributed by atoms with Gasteiger partial charge in [0.25, 0.3) is 0 Å². The lowest BCUT2D eigenvalue weighted by molar-refractivity contribution is -0.145. The second kappa shape index (κ2) is 8.82. The lowest BCUT2D eigenvalue weighted by atomic mass is 9.99. The number of likely N-dealkylation sites (tertiary alicyclic amines) is 1. The molecule has 2 unspecified atom stereocenters. The molecule has 0 saturated carbocycles. The fourth-order valence-corrected chi connectivity index (χ4v) is 2.97. The number of aromatic nitrogens is 2. The van der Waals surface area contributed by atoms with Gasteiger partial charge in [-0.2, -0.15) is 4.98 Å². The molecule has 1 aliphatic heterocycles. The molecular formula is C17H29N5O3. The number of aryl methyl sites for hydroxylation is 1. The van der Waals surface area contributed by atoms with Crippen LogP contribution in [-0.2, 0) is 16.0 Å². The van der Waals surface area contributed by atoms with Gasteiger partial charge < -0.3 is 19.5 Å². The first-order valence-corrected chi connectivity index (χ1v) is 8.82. The molecule has 1 saturated heterocycles. The highest BCUT2D eigenvalue weighted by Crippen LogP contribution is 2.24. The van der Waals surface area contributed by atoms with Crippen molar-refractivity contribution in [3.05, 3.63) is 11.7 Å². The molecule has 8 nitrogen and oxygen atoms in total. The Labute approximate surface area is 149 Å². The molecule has 1 aromatic heterocycles. The van der Waals surface area contributed by atoms with E-state index in [-0.39, 0.29) is 23.7 Å². The van der Waals surface area contributed by atoms with E-state index in [4.69, 9.17) is 9.26 Å². The molecule has 1 aliphatic rings. The number of guanidine groups is 1. The Balaban J connectivity index is 1.78. The minimum atomic E-state index is -0.150. The van der Waals surface area contributed by atoms with Gasteiger partial charge in [-0.05, 0) is 12.3 Å². The van der Waals surface area contributed by atoms with Gasteiger partial charge in [0.1, 0.15) is 0 Å². The van der Waals surface area contributed by atoms with Gasteiger partial charge in [0.05, 0.1) is 13.0 Å². The topological polar surface area (TPSA) is 92.9 Å². The molecular weight excluding hydrogens is 322 g/mol. The Bertz CT molecular complexity index is 599. The summed E-state index contributed by atoms with van der Waals surface area (Å²) in [7, 11) is 3.19. The molecule has 2 atom stereocenters. The van der Waals surface area contributed by atoms with E-state index >= 15 is 0 Å². The molecule has 2 heterocycles. The van der Waals surface area contributed by atoms with Crippen LogP contribution < -0.4 is 5.32 Å². The number of carbonyl (C=O) groups is 1. The molecule has 25 heavy (non-hydrogen) atoms. The molecule has 1 N–H and O–H groups in total. The van der Waals surface area contributed by atoms with Crippen LogP contribution >= 0.6 is 0 Å². The van der Waals surface area contributed by atoms with Crippen LogP contribution in [0, 0.1) is 11.8 Å². The Morgan fingerprint density at radius 2 is 2.24 bits per heavy atom. The van der Waals surface area contributed by atoms with Crippen LogP contribution in [0.25, 0.3) is 0 Å². The largest absolute Gasteiger partial charge is 0.469 e. The Morgan fingerprint density at radius 1 is 1.48 bits per heavy atom. The van der Waals surface area contributed by atoms with Crippen molar-refractivity contribution in [3.63, 3.8) is 0 Å². The standard InChI is InChI=1S/C17H29N5O3/c1-11(2)15-20-14(25-21-15)7-6-8-19-17(18-4)22-9-12(3)13(10-22)16(23)24-5/h11-13H,6-10H2,1-5H3,(H,18,19). The molecule has 0 spiro atoms. The van der Waals surface area contributed by atoms with Crippen LogP contribution in [0.2, 0.25) is 0 Å². The van der Waals surface area contributed by atoms with Gasteiger partial charge in [0.15, 0.2) is 11.8 Å². The van der Waals surface area contributed by atoms with Gasteiger partial charge >= 0.3 is 5.97 Å². The van der Waals surface area contributed by atoms with Crippen LogP contribution in [0.3, 0.4) is 0 Å². The summed E-state index contributed by atoms with van der Waals surface area (Å²) in [5, 5.41) is 7.31. The van der Waals surface area contributed by atoms with E-state index in [1.807, 2.05) is 13.8 Å². The molecule has 1 aromatic rings. The number of rotatable bonds is 6. The number of methoxy groups -OCH3 is 1. The lowest BCUT2D eigenvalue weighted by Gasteiger charge is -2.21. The predicted molar refractivity (Wildman–Crippen MR) is 94.3 cm³/mol. The van der Waals surface area contributed by atoms with Crippen LogP contribution in [0.5, 0.6) is 0 Å². The van der Waals surface area contributed by atoms with Crippen LogP contribution in [0.4, 0.5) is 0 Å². The third kappa shape index (κ3) is 4.93. The van der Waals surface area contributed by atoms with Gasteiger partial charge in [0.2, 0.25) is 5.89 Å². The molecule has 0 aromatic carbocycles. The number of hydrogen-bond donors (Lipinski definition) is 1. The van der Waals surface area contributed by atoms with E-state index < -0.39 is 0 Å². The first-order valence-electron chi connectivity index (χ1n) is 8.82. The van der Waals surface area contributed by atoms with Crippen LogP contribution in [0.1, 0.15) is 44.8 Å². The van der Waals surface area contributed by atoms with Crippen molar-refractivity contribution in [2.75, 3.05) is 33.8 Å². The fraction of sp³-hybridized carbons (Fsp3) is 0.765. The van der Waals surface area contributed by atoms with Gasteiger partial charge in [-0.1, -0.05) is 25.9 Å². The molecule has 8 heteroatoms. The first kappa shape index (κ1) is 19.2. The third-order valence-electron chi connectivity index (χ3n) is 4.48. The SMILES string of the molecule is CN=C(NCCCc1nc(C(C)C)no1)N1CC(C)C(C(=O)OC)C1. The molecule has 0 amide bonds. The van der Waals surface area contributed by atoms with E-state index in [1.54, 1.807) is 7.05 Å². The third-order valence-corrected chi connectivity index (χ3v) is 4.48. The van der Waals surface area contributed by atoms with Gasteiger partial charge in [-0.3, -0.25) is 9.79 Å². The number of esters is 1. The summed E-state index contributed by atoms with van der Waals surface area (Å²) in [6.07, 6.45) is 1.59. The zero-order valence-corrected chi connectivity index (χ0v) is 15.8. The summed E-state index contributed by atoms with van der Waals surface area (Å²) >= 11 is 0. The Kier molecular flexibility index (Phi) is 6.78. The van der Waals surface area contributed by atoms with E-state index in [2.05, 4.69) is 32.3 Å². The summed E-state index contributed by atoms with van der Waals surface area (Å²) in [6, 6.07) is 0. The Hall–Kier alpha value is -2.12. The Morgan fingerprint density at radius 3 is 2.84 bits per heavy atom. The fourth-order valence-electron chi connectivity index (χ4n) is 2.97. The smallest absolute Gasteiger partial charge is 0.310 e. The number of nitrogens with zero attached hydrogens (tertiary/aromatic N) is 4. The highest BCUT2D eigenvalue weighted by molar-refractivity contribution is 5.82. The summed E-state index contributed by atoms with van der Waals surface area (Å²) in [4.78, 5) is 22.6. The molecule has 140 valence electrons. The van der Waals surface area contributed by atoms with E-state index in [9.17, 15) is 4.79 Å². The maximum absolute atomic E-state index is 11.8. The zero-order chi connectivity index (χ0) is 18.4. The zero-order valence-electron chi connectivity index (χ0n) is 15.8. The summed E-state index contributed by atoms with van der Waals surface area (Å²) in [5.74, 6) is 2.50. The average molecular weight is 351 g/mol. The van der Waals surface area contributed by atoms with Crippen molar-refractivity contribution in [2.45, 2.75) is 39.5 Å². The van der Waals surface area contributed by atoms with Crippen molar-refractivity contribution in [1.29, 1.82) is 0 Å². The molecule has 1 fully saturated rings. The number of ether oxygens (including phenoxy) is 1. The second-order valence-electron chi connectivity index (χ2n) is 6.79. The van der Waals surface area contributed by atoms with E-state index in [1.165, 1.54) is 7.11 Å². The number of carbonyl (C=O) groups excluding carboxylic acids is 1. The van der Waals surface area contributed by atoms with Crippen molar-refractivity contribution < 1.29 is 14.1 Å². The van der Waals surface area contributed by atoms with Gasteiger partial charge in [-0.15, -0.1) is 0 Å². The highest BCUT2D eigenvalue weighted by Gasteiger charge is 2.36. The monoisotopic (exact) mass is 351 g/mol. The number of nitrogens with one attached hydrogen (secondary N) is 1. The lowest BCUT2D eigenvalue weighted by Crippen LogP contribution is -2.41. The number of hydrogen-bond acceptors (Lipinski definition) is 6. The average Bonchev–Trinajstić information content (AvgIpc) is 3.21. The van der Waals surface area contributed by atoms with Crippen molar-refractivity contribution in [3.8, 4) is 0 Å². The van der Waals surface area contributed by atoms with Crippen molar-refractivity contribution >= 4 is 11.9 Å². The maximum atomic E-state index is 11.8. The van der Waals surface area contributed by atoms with E-state index in [0.717, 1.165) is 37.7 Å². The van der Waals surface area contributed by atoms with Gasteiger partial charge in [0, 0.05) is 39.0 Å². The predicted octanol–water partition coefficient (Wildman–Crippen LogP) is 1.44. The highest BCUT2D eigenvalue weighted by atomic mass is 16.5. The van der Waals surface area contributed by atoms with Gasteiger partial charge in [-0.25, -0.2) is 0 Å². The van der Waals surface area contributed by atoms with Crippen LogP contribution in [0.15, 0.2) is 9.52 Å². The summed E-state index contributed by atoms with van der Waals surface area (Å²) in [6.45, 7) is 8.32.